The normalized spacial score (nSPS) is 31.7. The van der Waals surface area contributed by atoms with Crippen molar-refractivity contribution in [2.45, 2.75) is 57.4 Å². The van der Waals surface area contributed by atoms with E-state index in [4.69, 9.17) is 0 Å². The highest BCUT2D eigenvalue weighted by Gasteiger charge is 2.35. The van der Waals surface area contributed by atoms with Crippen LogP contribution in [0.4, 0.5) is 0 Å². The summed E-state index contributed by atoms with van der Waals surface area (Å²) in [6.07, 6.45) is 10.7. The average molecular weight is 266 g/mol. The van der Waals surface area contributed by atoms with Crippen molar-refractivity contribution in [1.82, 2.24) is 10.2 Å². The SMILES string of the molecule is OCC1(CNCC2CCN(C3CC3)C2)CCCCC1. The van der Waals surface area contributed by atoms with Gasteiger partial charge in [0.1, 0.15) is 0 Å². The van der Waals surface area contributed by atoms with Crippen LogP contribution in [0, 0.1) is 11.3 Å². The summed E-state index contributed by atoms with van der Waals surface area (Å²) >= 11 is 0. The maximum absolute atomic E-state index is 9.71. The van der Waals surface area contributed by atoms with Gasteiger partial charge in [0, 0.05) is 31.2 Å². The molecule has 3 aliphatic rings. The zero-order valence-electron chi connectivity index (χ0n) is 12.2. The van der Waals surface area contributed by atoms with Crippen LogP contribution in [-0.4, -0.2) is 48.8 Å². The number of aliphatic hydroxyl groups excluding tert-OH is 1. The Balaban J connectivity index is 1.37. The molecular weight excluding hydrogens is 236 g/mol. The molecule has 0 spiro atoms. The van der Waals surface area contributed by atoms with Crippen LogP contribution in [0.3, 0.4) is 0 Å². The summed E-state index contributed by atoms with van der Waals surface area (Å²) in [5, 5.41) is 13.4. The first-order chi connectivity index (χ1) is 9.31. The van der Waals surface area contributed by atoms with E-state index in [2.05, 4.69) is 10.2 Å². The van der Waals surface area contributed by atoms with Crippen LogP contribution in [0.15, 0.2) is 0 Å². The molecule has 2 N–H and O–H groups in total. The smallest absolute Gasteiger partial charge is 0.0499 e. The molecule has 1 aliphatic heterocycles. The van der Waals surface area contributed by atoms with Crippen LogP contribution in [0.25, 0.3) is 0 Å². The number of aliphatic hydroxyl groups is 1. The van der Waals surface area contributed by atoms with Gasteiger partial charge in [0.2, 0.25) is 0 Å². The quantitative estimate of drug-likeness (QED) is 0.772. The van der Waals surface area contributed by atoms with Crippen molar-refractivity contribution in [3.8, 4) is 0 Å². The zero-order chi connectivity index (χ0) is 13.1. The summed E-state index contributed by atoms with van der Waals surface area (Å²) in [6.45, 7) is 5.19. The van der Waals surface area contributed by atoms with Crippen molar-refractivity contribution in [2.24, 2.45) is 11.3 Å². The molecule has 110 valence electrons. The van der Waals surface area contributed by atoms with Crippen molar-refractivity contribution in [3.63, 3.8) is 0 Å². The van der Waals surface area contributed by atoms with Gasteiger partial charge in [0.05, 0.1) is 0 Å². The largest absolute Gasteiger partial charge is 0.396 e. The standard InChI is InChI=1S/C16H30N2O/c19-13-16(7-2-1-3-8-16)12-17-10-14-6-9-18(11-14)15-4-5-15/h14-15,17,19H,1-13H2. The van der Waals surface area contributed by atoms with E-state index in [1.807, 2.05) is 0 Å². The molecule has 1 unspecified atom stereocenters. The number of nitrogens with zero attached hydrogens (tertiary/aromatic N) is 1. The van der Waals surface area contributed by atoms with Crippen LogP contribution < -0.4 is 5.32 Å². The van der Waals surface area contributed by atoms with Gasteiger partial charge >= 0.3 is 0 Å². The van der Waals surface area contributed by atoms with Gasteiger partial charge in [-0.2, -0.15) is 0 Å². The van der Waals surface area contributed by atoms with E-state index in [0.29, 0.717) is 6.61 Å². The number of hydrogen-bond donors (Lipinski definition) is 2. The van der Waals surface area contributed by atoms with Crippen LogP contribution >= 0.6 is 0 Å². The molecule has 3 heteroatoms. The van der Waals surface area contributed by atoms with Crippen molar-refractivity contribution < 1.29 is 5.11 Å². The minimum absolute atomic E-state index is 0.201. The molecule has 1 heterocycles. The molecule has 19 heavy (non-hydrogen) atoms. The fraction of sp³-hybridized carbons (Fsp3) is 1.00. The zero-order valence-corrected chi connectivity index (χ0v) is 12.2. The van der Waals surface area contributed by atoms with Gasteiger partial charge < -0.3 is 15.3 Å². The Morgan fingerprint density at radius 1 is 1.11 bits per heavy atom. The monoisotopic (exact) mass is 266 g/mol. The lowest BCUT2D eigenvalue weighted by Crippen LogP contribution is -2.41. The molecule has 0 aromatic rings. The average Bonchev–Trinajstić information content (AvgIpc) is 3.20. The van der Waals surface area contributed by atoms with Gasteiger partial charge in [0.15, 0.2) is 0 Å². The fourth-order valence-corrected chi connectivity index (χ4v) is 4.03. The highest BCUT2D eigenvalue weighted by molar-refractivity contribution is 4.90. The third kappa shape index (κ3) is 3.50. The lowest BCUT2D eigenvalue weighted by Gasteiger charge is -2.36. The Hall–Kier alpha value is -0.120. The molecule has 0 bridgehead atoms. The summed E-state index contributed by atoms with van der Waals surface area (Å²) in [4.78, 5) is 2.69. The fourth-order valence-electron chi connectivity index (χ4n) is 4.03. The topological polar surface area (TPSA) is 35.5 Å². The molecule has 3 fully saturated rings. The second kappa shape index (κ2) is 6.11. The Labute approximate surface area is 117 Å². The van der Waals surface area contributed by atoms with E-state index in [-0.39, 0.29) is 5.41 Å². The maximum atomic E-state index is 9.71. The summed E-state index contributed by atoms with van der Waals surface area (Å²) in [6, 6.07) is 0.937. The minimum atomic E-state index is 0.201. The Morgan fingerprint density at radius 3 is 2.58 bits per heavy atom. The van der Waals surface area contributed by atoms with E-state index < -0.39 is 0 Å². The Morgan fingerprint density at radius 2 is 1.89 bits per heavy atom. The molecule has 2 aliphatic carbocycles. The van der Waals surface area contributed by atoms with Crippen LogP contribution in [0.1, 0.15) is 51.4 Å². The van der Waals surface area contributed by atoms with Crippen molar-refractivity contribution in [2.75, 3.05) is 32.8 Å². The lowest BCUT2D eigenvalue weighted by molar-refractivity contribution is 0.0804. The molecule has 0 radical (unpaired) electrons. The molecular formula is C16H30N2O. The van der Waals surface area contributed by atoms with E-state index >= 15 is 0 Å². The molecule has 0 aromatic heterocycles. The van der Waals surface area contributed by atoms with Gasteiger partial charge in [-0.1, -0.05) is 19.3 Å². The number of rotatable bonds is 6. The van der Waals surface area contributed by atoms with Gasteiger partial charge in [-0.05, 0) is 51.1 Å². The summed E-state index contributed by atoms with van der Waals surface area (Å²) < 4.78 is 0. The highest BCUT2D eigenvalue weighted by Crippen LogP contribution is 2.35. The first kappa shape index (κ1) is 13.8. The molecule has 2 saturated carbocycles. The van der Waals surface area contributed by atoms with Gasteiger partial charge in [-0.25, -0.2) is 0 Å². The Kier molecular flexibility index (Phi) is 4.45. The van der Waals surface area contributed by atoms with E-state index in [1.165, 1.54) is 64.5 Å². The number of nitrogens with one attached hydrogen (secondary N) is 1. The van der Waals surface area contributed by atoms with Crippen molar-refractivity contribution in [3.05, 3.63) is 0 Å². The van der Waals surface area contributed by atoms with Gasteiger partial charge in [0.25, 0.3) is 0 Å². The molecule has 3 nitrogen and oxygen atoms in total. The lowest BCUT2D eigenvalue weighted by atomic mass is 9.74. The second-order valence-electron chi connectivity index (χ2n) is 7.23. The van der Waals surface area contributed by atoms with Crippen LogP contribution in [-0.2, 0) is 0 Å². The number of likely N-dealkylation sites (tertiary alicyclic amines) is 1. The Bertz CT molecular complexity index is 284. The summed E-state index contributed by atoms with van der Waals surface area (Å²) in [5.41, 5.74) is 0.201. The first-order valence-corrected chi connectivity index (χ1v) is 8.37. The van der Waals surface area contributed by atoms with Crippen LogP contribution in [0.5, 0.6) is 0 Å². The molecule has 0 aromatic carbocycles. The molecule has 1 saturated heterocycles. The summed E-state index contributed by atoms with van der Waals surface area (Å²) in [5.74, 6) is 0.847. The van der Waals surface area contributed by atoms with Gasteiger partial charge in [-0.15, -0.1) is 0 Å². The predicted octanol–water partition coefficient (Wildman–Crippen LogP) is 2.00. The molecule has 1 atom stereocenters. The van der Waals surface area contributed by atoms with E-state index in [1.54, 1.807) is 0 Å². The van der Waals surface area contributed by atoms with E-state index in [9.17, 15) is 5.11 Å². The highest BCUT2D eigenvalue weighted by atomic mass is 16.3. The third-order valence-electron chi connectivity index (χ3n) is 5.56. The first-order valence-electron chi connectivity index (χ1n) is 8.37. The van der Waals surface area contributed by atoms with E-state index in [0.717, 1.165) is 25.0 Å². The maximum Gasteiger partial charge on any atom is 0.0499 e. The van der Waals surface area contributed by atoms with Crippen LogP contribution in [0.2, 0.25) is 0 Å². The van der Waals surface area contributed by atoms with Crippen molar-refractivity contribution in [1.29, 1.82) is 0 Å². The third-order valence-corrected chi connectivity index (χ3v) is 5.56. The van der Waals surface area contributed by atoms with Crippen molar-refractivity contribution >= 4 is 0 Å². The number of hydrogen-bond acceptors (Lipinski definition) is 3. The molecule has 0 amide bonds. The predicted molar refractivity (Wildman–Crippen MR) is 78.2 cm³/mol. The second-order valence-corrected chi connectivity index (χ2v) is 7.23. The molecule has 3 rings (SSSR count). The minimum Gasteiger partial charge on any atom is -0.396 e. The summed E-state index contributed by atoms with van der Waals surface area (Å²) in [7, 11) is 0. The van der Waals surface area contributed by atoms with Gasteiger partial charge in [-0.3, -0.25) is 0 Å².